The highest BCUT2D eigenvalue weighted by Gasteiger charge is 2.09. The standard InChI is InChI=1S/C17H16N2O/c1-12-4-3-5-16(13(12)2)17(20)19-11-15-8-6-14(10-18)7-9-15/h3-9H,11H2,1-2H3,(H,19,20). The van der Waals surface area contributed by atoms with Gasteiger partial charge in [0.2, 0.25) is 0 Å². The van der Waals surface area contributed by atoms with E-state index in [1.54, 1.807) is 12.1 Å². The molecule has 0 radical (unpaired) electrons. The number of hydrogen-bond donors (Lipinski definition) is 1. The van der Waals surface area contributed by atoms with E-state index in [-0.39, 0.29) is 5.91 Å². The summed E-state index contributed by atoms with van der Waals surface area (Å²) in [5, 5.41) is 11.6. The Morgan fingerprint density at radius 1 is 1.15 bits per heavy atom. The molecule has 0 fully saturated rings. The first-order valence-corrected chi connectivity index (χ1v) is 6.45. The Labute approximate surface area is 118 Å². The zero-order valence-electron chi connectivity index (χ0n) is 11.6. The molecular formula is C17H16N2O. The van der Waals surface area contributed by atoms with Crippen molar-refractivity contribution in [3.63, 3.8) is 0 Å². The Kier molecular flexibility index (Phi) is 4.17. The lowest BCUT2D eigenvalue weighted by Gasteiger charge is -2.09. The van der Waals surface area contributed by atoms with Crippen LogP contribution in [-0.2, 0) is 6.54 Å². The van der Waals surface area contributed by atoms with Gasteiger partial charge in [-0.05, 0) is 48.7 Å². The topological polar surface area (TPSA) is 52.9 Å². The van der Waals surface area contributed by atoms with Gasteiger partial charge in [-0.25, -0.2) is 0 Å². The minimum atomic E-state index is -0.0736. The number of rotatable bonds is 3. The molecule has 2 aromatic carbocycles. The quantitative estimate of drug-likeness (QED) is 0.926. The summed E-state index contributed by atoms with van der Waals surface area (Å²) in [5.41, 5.74) is 4.41. The summed E-state index contributed by atoms with van der Waals surface area (Å²) in [7, 11) is 0. The molecule has 0 atom stereocenters. The maximum atomic E-state index is 12.2. The molecule has 3 nitrogen and oxygen atoms in total. The summed E-state index contributed by atoms with van der Waals surface area (Å²) in [6.45, 7) is 4.40. The molecule has 0 aliphatic carbocycles. The van der Waals surface area contributed by atoms with Gasteiger partial charge in [0.1, 0.15) is 0 Å². The molecule has 2 aromatic rings. The number of hydrogen-bond acceptors (Lipinski definition) is 2. The van der Waals surface area contributed by atoms with E-state index >= 15 is 0 Å². The first-order chi connectivity index (χ1) is 9.61. The van der Waals surface area contributed by atoms with Crippen LogP contribution in [0.2, 0.25) is 0 Å². The van der Waals surface area contributed by atoms with E-state index in [0.717, 1.165) is 16.7 Å². The van der Waals surface area contributed by atoms with Gasteiger partial charge in [0, 0.05) is 12.1 Å². The van der Waals surface area contributed by atoms with Gasteiger partial charge in [-0.3, -0.25) is 4.79 Å². The fourth-order valence-corrected chi connectivity index (χ4v) is 1.97. The Morgan fingerprint density at radius 2 is 1.85 bits per heavy atom. The monoisotopic (exact) mass is 264 g/mol. The molecule has 0 spiro atoms. The van der Waals surface area contributed by atoms with Crippen LogP contribution in [0.15, 0.2) is 42.5 Å². The van der Waals surface area contributed by atoms with E-state index in [9.17, 15) is 4.79 Å². The van der Waals surface area contributed by atoms with Crippen LogP contribution >= 0.6 is 0 Å². The number of benzene rings is 2. The van der Waals surface area contributed by atoms with E-state index in [0.29, 0.717) is 17.7 Å². The highest BCUT2D eigenvalue weighted by Crippen LogP contribution is 2.12. The maximum absolute atomic E-state index is 12.2. The average Bonchev–Trinajstić information content (AvgIpc) is 2.48. The molecule has 0 heterocycles. The van der Waals surface area contributed by atoms with Crippen LogP contribution in [0.1, 0.15) is 32.6 Å². The SMILES string of the molecule is Cc1cccc(C(=O)NCc2ccc(C#N)cc2)c1C. The summed E-state index contributed by atoms with van der Waals surface area (Å²) in [4.78, 5) is 12.2. The molecule has 0 aliphatic heterocycles. The molecule has 2 rings (SSSR count). The second-order valence-electron chi connectivity index (χ2n) is 4.74. The lowest BCUT2D eigenvalue weighted by molar-refractivity contribution is 0.0950. The van der Waals surface area contributed by atoms with Crippen molar-refractivity contribution in [2.75, 3.05) is 0 Å². The summed E-state index contributed by atoms with van der Waals surface area (Å²) >= 11 is 0. The van der Waals surface area contributed by atoms with Gasteiger partial charge in [-0.2, -0.15) is 5.26 Å². The minimum Gasteiger partial charge on any atom is -0.348 e. The number of nitrogens with one attached hydrogen (secondary N) is 1. The van der Waals surface area contributed by atoms with Crippen LogP contribution < -0.4 is 5.32 Å². The highest BCUT2D eigenvalue weighted by atomic mass is 16.1. The molecule has 100 valence electrons. The van der Waals surface area contributed by atoms with Crippen LogP contribution in [0.4, 0.5) is 0 Å². The Balaban J connectivity index is 2.05. The van der Waals surface area contributed by atoms with Gasteiger partial charge in [-0.15, -0.1) is 0 Å². The van der Waals surface area contributed by atoms with E-state index in [2.05, 4.69) is 11.4 Å². The summed E-state index contributed by atoms with van der Waals surface area (Å²) < 4.78 is 0. The Hall–Kier alpha value is -2.60. The second-order valence-corrected chi connectivity index (χ2v) is 4.74. The summed E-state index contributed by atoms with van der Waals surface area (Å²) in [6.07, 6.45) is 0. The molecule has 0 bridgehead atoms. The van der Waals surface area contributed by atoms with E-state index in [1.165, 1.54) is 0 Å². The van der Waals surface area contributed by atoms with E-state index in [1.807, 2.05) is 44.2 Å². The van der Waals surface area contributed by atoms with Crippen LogP contribution in [0.3, 0.4) is 0 Å². The van der Waals surface area contributed by atoms with E-state index in [4.69, 9.17) is 5.26 Å². The predicted molar refractivity (Wildman–Crippen MR) is 78.2 cm³/mol. The van der Waals surface area contributed by atoms with Gasteiger partial charge in [0.05, 0.1) is 11.6 Å². The van der Waals surface area contributed by atoms with Crippen molar-refractivity contribution >= 4 is 5.91 Å². The smallest absolute Gasteiger partial charge is 0.251 e. The first kappa shape index (κ1) is 13.8. The third-order valence-electron chi connectivity index (χ3n) is 3.39. The molecule has 3 heteroatoms. The Bertz CT molecular complexity index is 666. The number of nitrogens with zero attached hydrogens (tertiary/aromatic N) is 1. The van der Waals surface area contributed by atoms with Gasteiger partial charge in [0.25, 0.3) is 5.91 Å². The molecular weight excluding hydrogens is 248 g/mol. The number of aryl methyl sites for hydroxylation is 1. The highest BCUT2D eigenvalue weighted by molar-refractivity contribution is 5.95. The van der Waals surface area contributed by atoms with Crippen LogP contribution in [-0.4, -0.2) is 5.91 Å². The molecule has 0 unspecified atom stereocenters. The average molecular weight is 264 g/mol. The van der Waals surface area contributed by atoms with E-state index < -0.39 is 0 Å². The van der Waals surface area contributed by atoms with Crippen molar-refractivity contribution in [2.45, 2.75) is 20.4 Å². The third-order valence-corrected chi connectivity index (χ3v) is 3.39. The first-order valence-electron chi connectivity index (χ1n) is 6.45. The van der Waals surface area contributed by atoms with Crippen molar-refractivity contribution in [3.8, 4) is 6.07 Å². The number of nitriles is 1. The van der Waals surface area contributed by atoms with Crippen molar-refractivity contribution in [2.24, 2.45) is 0 Å². The minimum absolute atomic E-state index is 0.0736. The number of carbonyl (C=O) groups is 1. The second kappa shape index (κ2) is 6.03. The summed E-state index contributed by atoms with van der Waals surface area (Å²) in [5.74, 6) is -0.0736. The van der Waals surface area contributed by atoms with Crippen molar-refractivity contribution in [3.05, 3.63) is 70.3 Å². The normalized spacial score (nSPS) is 9.85. The fraction of sp³-hybridized carbons (Fsp3) is 0.176. The third kappa shape index (κ3) is 3.04. The van der Waals surface area contributed by atoms with Crippen LogP contribution in [0.5, 0.6) is 0 Å². The van der Waals surface area contributed by atoms with Crippen LogP contribution in [0.25, 0.3) is 0 Å². The zero-order valence-corrected chi connectivity index (χ0v) is 11.6. The maximum Gasteiger partial charge on any atom is 0.251 e. The summed E-state index contributed by atoms with van der Waals surface area (Å²) in [6, 6.07) is 15.0. The molecule has 0 aromatic heterocycles. The predicted octanol–water partition coefficient (Wildman–Crippen LogP) is 3.11. The van der Waals surface area contributed by atoms with Crippen molar-refractivity contribution in [1.29, 1.82) is 5.26 Å². The fourth-order valence-electron chi connectivity index (χ4n) is 1.97. The number of amides is 1. The molecule has 1 amide bonds. The van der Waals surface area contributed by atoms with Crippen molar-refractivity contribution in [1.82, 2.24) is 5.32 Å². The molecule has 0 saturated carbocycles. The largest absolute Gasteiger partial charge is 0.348 e. The number of carbonyl (C=O) groups excluding carboxylic acids is 1. The lowest BCUT2D eigenvalue weighted by Crippen LogP contribution is -2.23. The molecule has 0 aliphatic rings. The molecule has 20 heavy (non-hydrogen) atoms. The van der Waals surface area contributed by atoms with Crippen LogP contribution in [0, 0.1) is 25.2 Å². The van der Waals surface area contributed by atoms with Gasteiger partial charge in [-0.1, -0.05) is 24.3 Å². The molecule has 1 N–H and O–H groups in total. The molecule has 0 saturated heterocycles. The lowest BCUT2D eigenvalue weighted by atomic mass is 10.0. The van der Waals surface area contributed by atoms with Crippen molar-refractivity contribution < 1.29 is 4.79 Å². The zero-order chi connectivity index (χ0) is 14.5. The van der Waals surface area contributed by atoms with Gasteiger partial charge >= 0.3 is 0 Å². The van der Waals surface area contributed by atoms with Gasteiger partial charge in [0.15, 0.2) is 0 Å². The Morgan fingerprint density at radius 3 is 2.50 bits per heavy atom. The van der Waals surface area contributed by atoms with Gasteiger partial charge < -0.3 is 5.32 Å².